The average Bonchev–Trinajstić information content (AvgIpc) is 3.26. The van der Waals surface area contributed by atoms with Crippen molar-refractivity contribution in [1.29, 1.82) is 0 Å². The van der Waals surface area contributed by atoms with Crippen molar-refractivity contribution in [3.8, 4) is 11.4 Å². The fourth-order valence-corrected chi connectivity index (χ4v) is 4.78. The largest absolute Gasteiger partial charge is 0.424 e. The van der Waals surface area contributed by atoms with E-state index in [1.54, 1.807) is 49.6 Å². The fraction of sp³-hybridized carbons (Fsp3) is 0.308. The van der Waals surface area contributed by atoms with Gasteiger partial charge in [-0.3, -0.25) is 4.79 Å². The number of rotatable bonds is 5. The molecular weight excluding hydrogens is 469 g/mol. The fourth-order valence-electron chi connectivity index (χ4n) is 4.61. The molecule has 7 nitrogen and oxygen atoms in total. The molecule has 180 valence electrons. The lowest BCUT2D eigenvalue weighted by Crippen LogP contribution is -2.51. The third kappa shape index (κ3) is 4.71. The van der Waals surface area contributed by atoms with Crippen molar-refractivity contribution in [2.24, 2.45) is 5.92 Å². The standard InChI is InChI=1S/C26H25ClFN5O2/c1-15-5-3-10-33(22(15)14-31-26-32-21-7-6-17(27)12-23(21)35-26)25(34)19-11-16(2)20(28)13-18(19)24-29-8-4-9-30-24/h4,6-9,11-13,15,22H,3,5,10,14H2,1-2H3,(H,31,32)/t15-,22-/m1/s1. The summed E-state index contributed by atoms with van der Waals surface area (Å²) in [5, 5.41) is 3.83. The Kier molecular flexibility index (Phi) is 6.38. The third-order valence-corrected chi connectivity index (χ3v) is 6.76. The zero-order valence-corrected chi connectivity index (χ0v) is 20.2. The lowest BCUT2D eigenvalue weighted by molar-refractivity contribution is 0.0540. The van der Waals surface area contributed by atoms with Crippen molar-refractivity contribution in [1.82, 2.24) is 19.9 Å². The predicted molar refractivity (Wildman–Crippen MR) is 133 cm³/mol. The van der Waals surface area contributed by atoms with Crippen LogP contribution in [0.4, 0.5) is 10.4 Å². The second-order valence-corrected chi connectivity index (χ2v) is 9.35. The molecule has 0 radical (unpaired) electrons. The molecule has 2 aromatic carbocycles. The molecule has 0 unspecified atom stereocenters. The van der Waals surface area contributed by atoms with Crippen LogP contribution in [0.25, 0.3) is 22.5 Å². The molecule has 9 heteroatoms. The van der Waals surface area contributed by atoms with E-state index in [0.29, 0.717) is 57.7 Å². The van der Waals surface area contributed by atoms with E-state index in [-0.39, 0.29) is 17.9 Å². The summed E-state index contributed by atoms with van der Waals surface area (Å²) in [6, 6.07) is 10.2. The Bertz CT molecular complexity index is 1380. The number of amides is 1. The summed E-state index contributed by atoms with van der Waals surface area (Å²) in [6.07, 6.45) is 5.05. The maximum absolute atomic E-state index is 14.5. The Balaban J connectivity index is 1.43. The van der Waals surface area contributed by atoms with E-state index in [9.17, 15) is 9.18 Å². The average molecular weight is 494 g/mol. The second kappa shape index (κ2) is 9.62. The number of anilines is 1. The molecule has 1 fully saturated rings. The Morgan fingerprint density at radius 3 is 2.86 bits per heavy atom. The molecule has 1 amide bonds. The van der Waals surface area contributed by atoms with Gasteiger partial charge >= 0.3 is 0 Å². The number of carbonyl (C=O) groups excluding carboxylic acids is 1. The molecule has 0 saturated carbocycles. The first kappa shape index (κ1) is 23.2. The number of likely N-dealkylation sites (tertiary alicyclic amines) is 1. The van der Waals surface area contributed by atoms with E-state index >= 15 is 0 Å². The van der Waals surface area contributed by atoms with Gasteiger partial charge in [-0.25, -0.2) is 14.4 Å². The molecule has 0 bridgehead atoms. The Morgan fingerprint density at radius 2 is 2.06 bits per heavy atom. The summed E-state index contributed by atoms with van der Waals surface area (Å²) in [5.41, 5.74) is 2.48. The molecule has 0 aliphatic carbocycles. The van der Waals surface area contributed by atoms with Crippen LogP contribution in [0.2, 0.25) is 5.02 Å². The number of aromatic nitrogens is 3. The van der Waals surface area contributed by atoms with Gasteiger partial charge in [0, 0.05) is 42.1 Å². The molecule has 4 aromatic rings. The van der Waals surface area contributed by atoms with E-state index < -0.39 is 5.82 Å². The van der Waals surface area contributed by atoms with E-state index in [1.807, 2.05) is 4.90 Å². The molecule has 1 aliphatic rings. The van der Waals surface area contributed by atoms with Gasteiger partial charge in [0.05, 0.1) is 11.6 Å². The maximum Gasteiger partial charge on any atom is 0.295 e. The number of hydrogen-bond donors (Lipinski definition) is 1. The molecule has 5 rings (SSSR count). The van der Waals surface area contributed by atoms with E-state index in [2.05, 4.69) is 27.2 Å². The summed E-state index contributed by atoms with van der Waals surface area (Å²) >= 11 is 6.05. The molecule has 1 N–H and O–H groups in total. The molecule has 35 heavy (non-hydrogen) atoms. The number of nitrogens with zero attached hydrogens (tertiary/aromatic N) is 4. The first-order valence-corrected chi connectivity index (χ1v) is 12.0. The minimum atomic E-state index is -0.398. The van der Waals surface area contributed by atoms with Gasteiger partial charge in [-0.15, -0.1) is 0 Å². The summed E-state index contributed by atoms with van der Waals surface area (Å²) in [4.78, 5) is 28.7. The monoisotopic (exact) mass is 493 g/mol. The number of halogens is 2. The van der Waals surface area contributed by atoms with Gasteiger partial charge in [0.25, 0.3) is 11.9 Å². The minimum Gasteiger partial charge on any atom is -0.424 e. The summed E-state index contributed by atoms with van der Waals surface area (Å²) in [7, 11) is 0. The van der Waals surface area contributed by atoms with Crippen molar-refractivity contribution in [2.45, 2.75) is 32.7 Å². The van der Waals surface area contributed by atoms with Gasteiger partial charge in [0.15, 0.2) is 11.4 Å². The van der Waals surface area contributed by atoms with Crippen molar-refractivity contribution in [2.75, 3.05) is 18.4 Å². The van der Waals surface area contributed by atoms with Gasteiger partial charge in [-0.2, -0.15) is 4.98 Å². The molecule has 3 heterocycles. The molecule has 2 atom stereocenters. The molecule has 2 aromatic heterocycles. The molecule has 1 saturated heterocycles. The van der Waals surface area contributed by atoms with Crippen molar-refractivity contribution in [3.05, 3.63) is 70.8 Å². The first-order valence-electron chi connectivity index (χ1n) is 11.6. The number of benzene rings is 2. The quantitative estimate of drug-likeness (QED) is 0.381. The second-order valence-electron chi connectivity index (χ2n) is 8.92. The van der Waals surface area contributed by atoms with Crippen LogP contribution in [0.5, 0.6) is 0 Å². The van der Waals surface area contributed by atoms with Crippen LogP contribution in [0.1, 0.15) is 35.7 Å². The van der Waals surface area contributed by atoms with Crippen molar-refractivity contribution >= 4 is 34.6 Å². The van der Waals surface area contributed by atoms with Crippen LogP contribution in [-0.2, 0) is 0 Å². The zero-order chi connectivity index (χ0) is 24.5. The SMILES string of the molecule is Cc1cc(C(=O)N2CCC[C@@H](C)[C@H]2CNc2nc3ccc(Cl)cc3o2)c(-c2ncccn2)cc1F. The maximum atomic E-state index is 14.5. The van der Waals surface area contributed by atoms with Gasteiger partial charge in [0.1, 0.15) is 11.3 Å². The lowest BCUT2D eigenvalue weighted by Gasteiger charge is -2.40. The van der Waals surface area contributed by atoms with Gasteiger partial charge < -0.3 is 14.6 Å². The third-order valence-electron chi connectivity index (χ3n) is 6.53. The molecular formula is C26H25ClFN5O2. The van der Waals surface area contributed by atoms with Crippen molar-refractivity contribution in [3.63, 3.8) is 0 Å². The van der Waals surface area contributed by atoms with Gasteiger partial charge in [-0.05, 0) is 61.6 Å². The van der Waals surface area contributed by atoms with Gasteiger partial charge in [-0.1, -0.05) is 18.5 Å². The van der Waals surface area contributed by atoms with Crippen LogP contribution in [-0.4, -0.2) is 44.9 Å². The number of piperidine rings is 1. The number of fused-ring (bicyclic) bond motifs is 1. The summed E-state index contributed by atoms with van der Waals surface area (Å²) in [6.45, 7) is 4.85. The van der Waals surface area contributed by atoms with E-state index in [0.717, 1.165) is 12.8 Å². The number of oxazole rings is 1. The zero-order valence-electron chi connectivity index (χ0n) is 19.5. The Labute approximate surface area is 207 Å². The Morgan fingerprint density at radius 1 is 1.26 bits per heavy atom. The van der Waals surface area contributed by atoms with Crippen molar-refractivity contribution < 1.29 is 13.6 Å². The summed E-state index contributed by atoms with van der Waals surface area (Å²) < 4.78 is 20.3. The highest BCUT2D eigenvalue weighted by molar-refractivity contribution is 6.31. The van der Waals surface area contributed by atoms with Crippen LogP contribution in [0.3, 0.4) is 0 Å². The van der Waals surface area contributed by atoms with E-state index in [4.69, 9.17) is 16.0 Å². The topological polar surface area (TPSA) is 84.2 Å². The summed E-state index contributed by atoms with van der Waals surface area (Å²) in [5.74, 6) is 0.000146. The minimum absolute atomic E-state index is 0.107. The smallest absolute Gasteiger partial charge is 0.295 e. The van der Waals surface area contributed by atoms with Crippen LogP contribution in [0.15, 0.2) is 53.2 Å². The number of hydrogen-bond acceptors (Lipinski definition) is 6. The molecule has 0 spiro atoms. The Hall–Kier alpha value is -3.52. The molecule has 1 aliphatic heterocycles. The van der Waals surface area contributed by atoms with E-state index in [1.165, 1.54) is 6.07 Å². The number of aryl methyl sites for hydroxylation is 1. The highest BCUT2D eigenvalue weighted by Gasteiger charge is 2.34. The van der Waals surface area contributed by atoms with Crippen LogP contribution >= 0.6 is 11.6 Å². The highest BCUT2D eigenvalue weighted by Crippen LogP contribution is 2.30. The number of carbonyl (C=O) groups is 1. The lowest BCUT2D eigenvalue weighted by atomic mass is 9.89. The number of nitrogens with one attached hydrogen (secondary N) is 1. The predicted octanol–water partition coefficient (Wildman–Crippen LogP) is 5.74. The highest BCUT2D eigenvalue weighted by atomic mass is 35.5. The van der Waals surface area contributed by atoms with Crippen LogP contribution < -0.4 is 5.32 Å². The van der Waals surface area contributed by atoms with Crippen LogP contribution in [0, 0.1) is 18.7 Å². The first-order chi connectivity index (χ1) is 16.9. The van der Waals surface area contributed by atoms with Gasteiger partial charge in [0.2, 0.25) is 0 Å². The normalized spacial score (nSPS) is 18.1.